The van der Waals surface area contributed by atoms with Crippen LogP contribution in [0.4, 0.5) is 0 Å². The predicted octanol–water partition coefficient (Wildman–Crippen LogP) is 4.72. The molecular formula is C26H27ClN2O6. The quantitative estimate of drug-likeness (QED) is 0.411. The fourth-order valence-electron chi connectivity index (χ4n) is 4.39. The van der Waals surface area contributed by atoms with E-state index in [4.69, 9.17) is 20.8 Å². The van der Waals surface area contributed by atoms with Crippen molar-refractivity contribution in [2.24, 2.45) is 0 Å². The van der Waals surface area contributed by atoms with Gasteiger partial charge in [-0.15, -0.1) is 0 Å². The summed E-state index contributed by atoms with van der Waals surface area (Å²) in [4.78, 5) is 30.4. The van der Waals surface area contributed by atoms with Gasteiger partial charge in [-0.3, -0.25) is 9.59 Å². The topological polar surface area (TPSA) is 103 Å². The number of carbonyl (C=O) groups is 2. The first-order valence-electron chi connectivity index (χ1n) is 11.4. The number of Topliss-reactive ketones (excluding diaryl/α,β-unsaturated/α-hetero) is 1. The standard InChI is InChI=1S/C26H27ClN2O6/c1-4-28(5-2)10-11-29-22(15-6-8-18(30)9-7-15)21(24(32)26(29)33)23(31)19-13-16-12-17(27)14-20(34-3)25(16)35-19/h6-9,12-14,22,30,32H,4-5,10-11H2,1-3H3. The number of methoxy groups -OCH3 is 1. The third-order valence-electron chi connectivity index (χ3n) is 6.30. The van der Waals surface area contributed by atoms with Crippen molar-refractivity contribution in [1.29, 1.82) is 0 Å². The largest absolute Gasteiger partial charge is 0.508 e. The molecule has 0 bridgehead atoms. The second-order valence-corrected chi connectivity index (χ2v) is 8.68. The number of halogens is 1. The number of nitrogens with zero attached hydrogens (tertiary/aromatic N) is 2. The van der Waals surface area contributed by atoms with Crippen molar-refractivity contribution >= 4 is 34.3 Å². The lowest BCUT2D eigenvalue weighted by Crippen LogP contribution is -2.38. The summed E-state index contributed by atoms with van der Waals surface area (Å²) in [5, 5.41) is 21.6. The summed E-state index contributed by atoms with van der Waals surface area (Å²) >= 11 is 6.15. The maximum atomic E-state index is 13.7. The first kappa shape index (κ1) is 24.6. The van der Waals surface area contributed by atoms with Crippen molar-refractivity contribution in [1.82, 2.24) is 9.80 Å². The molecule has 35 heavy (non-hydrogen) atoms. The second kappa shape index (κ2) is 10.0. The van der Waals surface area contributed by atoms with Gasteiger partial charge in [-0.05, 0) is 42.9 Å². The summed E-state index contributed by atoms with van der Waals surface area (Å²) in [6.45, 7) is 6.53. The molecule has 1 atom stereocenters. The summed E-state index contributed by atoms with van der Waals surface area (Å²) in [6.07, 6.45) is 0. The number of hydrogen-bond acceptors (Lipinski definition) is 7. The number of fused-ring (bicyclic) bond motifs is 1. The Kier molecular flexibility index (Phi) is 7.05. The van der Waals surface area contributed by atoms with Gasteiger partial charge in [-0.2, -0.15) is 0 Å². The van der Waals surface area contributed by atoms with E-state index in [-0.39, 0.29) is 17.1 Å². The number of benzene rings is 2. The van der Waals surface area contributed by atoms with Gasteiger partial charge in [0.15, 0.2) is 22.9 Å². The number of phenolic OH excluding ortho intramolecular Hbond substituents is 1. The highest BCUT2D eigenvalue weighted by Crippen LogP contribution is 2.41. The molecule has 4 rings (SSSR count). The van der Waals surface area contributed by atoms with Crippen LogP contribution in [0, 0.1) is 0 Å². The van der Waals surface area contributed by atoms with Gasteiger partial charge in [0.05, 0.1) is 18.7 Å². The molecule has 184 valence electrons. The van der Waals surface area contributed by atoms with Gasteiger partial charge >= 0.3 is 0 Å². The van der Waals surface area contributed by atoms with Crippen LogP contribution >= 0.6 is 11.6 Å². The van der Waals surface area contributed by atoms with E-state index in [0.29, 0.717) is 40.4 Å². The summed E-state index contributed by atoms with van der Waals surface area (Å²) in [5.41, 5.74) is 0.841. The van der Waals surface area contributed by atoms with Gasteiger partial charge in [0, 0.05) is 29.6 Å². The fraction of sp³-hybridized carbons (Fsp3) is 0.308. The molecule has 0 radical (unpaired) electrons. The highest BCUT2D eigenvalue weighted by atomic mass is 35.5. The van der Waals surface area contributed by atoms with E-state index in [1.54, 1.807) is 24.3 Å². The number of aliphatic hydroxyl groups excluding tert-OH is 1. The maximum absolute atomic E-state index is 13.7. The van der Waals surface area contributed by atoms with Crippen molar-refractivity contribution < 1.29 is 29.0 Å². The fourth-order valence-corrected chi connectivity index (χ4v) is 4.61. The summed E-state index contributed by atoms with van der Waals surface area (Å²) in [7, 11) is 1.47. The van der Waals surface area contributed by atoms with E-state index in [1.807, 2.05) is 13.8 Å². The number of ketones is 1. The predicted molar refractivity (Wildman–Crippen MR) is 132 cm³/mol. The zero-order valence-corrected chi connectivity index (χ0v) is 20.5. The van der Waals surface area contributed by atoms with Crippen LogP contribution in [-0.4, -0.2) is 65.0 Å². The lowest BCUT2D eigenvalue weighted by molar-refractivity contribution is -0.129. The zero-order chi connectivity index (χ0) is 25.3. The molecule has 0 fully saturated rings. The molecule has 0 spiro atoms. The van der Waals surface area contributed by atoms with Crippen LogP contribution in [0.1, 0.15) is 36.0 Å². The number of likely N-dealkylation sites (N-methyl/N-ethyl adjacent to an activating group) is 1. The monoisotopic (exact) mass is 498 g/mol. The van der Waals surface area contributed by atoms with Crippen LogP contribution in [-0.2, 0) is 4.79 Å². The molecule has 1 unspecified atom stereocenters. The minimum atomic E-state index is -0.843. The van der Waals surface area contributed by atoms with Crippen LogP contribution in [0.25, 0.3) is 11.0 Å². The minimum Gasteiger partial charge on any atom is -0.508 e. The number of hydrogen-bond donors (Lipinski definition) is 2. The lowest BCUT2D eigenvalue weighted by Gasteiger charge is -2.29. The van der Waals surface area contributed by atoms with Gasteiger partial charge in [0.1, 0.15) is 5.75 Å². The number of amides is 1. The minimum absolute atomic E-state index is 0.0510. The van der Waals surface area contributed by atoms with Gasteiger partial charge in [-0.1, -0.05) is 37.6 Å². The molecule has 1 amide bonds. The zero-order valence-electron chi connectivity index (χ0n) is 19.7. The Morgan fingerprint density at radius 3 is 2.46 bits per heavy atom. The summed E-state index contributed by atoms with van der Waals surface area (Å²) in [6, 6.07) is 10.1. The van der Waals surface area contributed by atoms with Crippen molar-refractivity contribution in [3.05, 3.63) is 70.1 Å². The number of phenols is 1. The molecule has 1 aliphatic rings. The molecular weight excluding hydrogens is 472 g/mol. The number of ether oxygens (including phenoxy) is 1. The van der Waals surface area contributed by atoms with Crippen LogP contribution in [0.3, 0.4) is 0 Å². The molecule has 2 aromatic carbocycles. The van der Waals surface area contributed by atoms with E-state index in [0.717, 1.165) is 13.1 Å². The van der Waals surface area contributed by atoms with Crippen LogP contribution < -0.4 is 4.74 Å². The SMILES string of the molecule is CCN(CC)CCN1C(=O)C(O)=C(C(=O)c2cc3cc(Cl)cc(OC)c3o2)C1c1ccc(O)cc1. The van der Waals surface area contributed by atoms with Crippen molar-refractivity contribution in [3.63, 3.8) is 0 Å². The molecule has 3 aromatic rings. The van der Waals surface area contributed by atoms with Gasteiger partial charge in [0.25, 0.3) is 5.91 Å². The van der Waals surface area contributed by atoms with Crippen LogP contribution in [0.5, 0.6) is 11.5 Å². The molecule has 1 aromatic heterocycles. The van der Waals surface area contributed by atoms with Crippen LogP contribution in [0.2, 0.25) is 5.02 Å². The summed E-state index contributed by atoms with van der Waals surface area (Å²) in [5.74, 6) is -1.50. The van der Waals surface area contributed by atoms with E-state index < -0.39 is 23.5 Å². The van der Waals surface area contributed by atoms with Gasteiger partial charge < -0.3 is 29.2 Å². The highest BCUT2D eigenvalue weighted by molar-refractivity contribution is 6.31. The molecule has 2 N–H and O–H groups in total. The molecule has 0 aliphatic carbocycles. The van der Waals surface area contributed by atoms with E-state index in [9.17, 15) is 19.8 Å². The van der Waals surface area contributed by atoms with Gasteiger partial charge in [0.2, 0.25) is 5.78 Å². The third kappa shape index (κ3) is 4.59. The lowest BCUT2D eigenvalue weighted by atomic mass is 9.95. The average molecular weight is 499 g/mol. The highest BCUT2D eigenvalue weighted by Gasteiger charge is 2.44. The molecule has 0 saturated carbocycles. The smallest absolute Gasteiger partial charge is 0.290 e. The Hall–Kier alpha value is -3.49. The number of aromatic hydroxyl groups is 1. The third-order valence-corrected chi connectivity index (χ3v) is 6.52. The normalized spacial score (nSPS) is 16.1. The average Bonchev–Trinajstić information content (AvgIpc) is 3.38. The molecule has 0 saturated heterocycles. The van der Waals surface area contributed by atoms with Crippen molar-refractivity contribution in [3.8, 4) is 11.5 Å². The van der Waals surface area contributed by atoms with Gasteiger partial charge in [-0.25, -0.2) is 0 Å². The van der Waals surface area contributed by atoms with Crippen molar-refractivity contribution in [2.75, 3.05) is 33.3 Å². The Balaban J connectivity index is 1.77. The number of rotatable bonds is 9. The van der Waals surface area contributed by atoms with E-state index >= 15 is 0 Å². The number of carbonyl (C=O) groups excluding carboxylic acids is 2. The first-order valence-corrected chi connectivity index (χ1v) is 11.7. The molecule has 9 heteroatoms. The molecule has 8 nitrogen and oxygen atoms in total. The molecule has 2 heterocycles. The van der Waals surface area contributed by atoms with Crippen molar-refractivity contribution in [2.45, 2.75) is 19.9 Å². The Bertz CT molecular complexity index is 1290. The van der Waals surface area contributed by atoms with Crippen LogP contribution in [0.15, 0.2) is 58.2 Å². The second-order valence-electron chi connectivity index (χ2n) is 8.25. The Morgan fingerprint density at radius 1 is 1.14 bits per heavy atom. The molecule has 1 aliphatic heterocycles. The number of aliphatic hydroxyl groups is 1. The summed E-state index contributed by atoms with van der Waals surface area (Å²) < 4.78 is 11.1. The van der Waals surface area contributed by atoms with E-state index in [2.05, 4.69) is 4.90 Å². The Labute approximate surface area is 207 Å². The first-order chi connectivity index (χ1) is 16.8. The van der Waals surface area contributed by atoms with E-state index in [1.165, 1.54) is 30.2 Å². The maximum Gasteiger partial charge on any atom is 0.290 e. The number of furan rings is 1. The Morgan fingerprint density at radius 2 is 1.83 bits per heavy atom.